The van der Waals surface area contributed by atoms with Crippen LogP contribution in [0.15, 0.2) is 22.7 Å². The highest BCUT2D eigenvalue weighted by Crippen LogP contribution is 2.26. The fourth-order valence-corrected chi connectivity index (χ4v) is 2.22. The molecule has 19 heavy (non-hydrogen) atoms. The number of halogens is 1. The van der Waals surface area contributed by atoms with Crippen LogP contribution in [0.25, 0.3) is 0 Å². The van der Waals surface area contributed by atoms with Gasteiger partial charge >= 0.3 is 5.97 Å². The Balaban J connectivity index is 3.02. The fraction of sp³-hybridized carbons (Fsp3) is 0.500. The van der Waals surface area contributed by atoms with Gasteiger partial charge in [0.2, 0.25) is 0 Å². The van der Waals surface area contributed by atoms with Gasteiger partial charge in [0.05, 0.1) is 7.11 Å². The van der Waals surface area contributed by atoms with Gasteiger partial charge in [0.15, 0.2) is 0 Å². The van der Waals surface area contributed by atoms with Gasteiger partial charge in [0.25, 0.3) is 0 Å². The van der Waals surface area contributed by atoms with Crippen molar-refractivity contribution in [2.75, 3.05) is 13.7 Å². The number of carboxylic acids is 1. The molecule has 1 rings (SSSR count). The number of hydrogen-bond donors (Lipinski definition) is 1. The molecule has 0 amide bonds. The average molecular weight is 330 g/mol. The molecule has 0 aliphatic carbocycles. The molecular weight excluding hydrogens is 310 g/mol. The highest BCUT2D eigenvalue weighted by Gasteiger charge is 2.33. The van der Waals surface area contributed by atoms with Crippen LogP contribution < -0.4 is 4.74 Å². The van der Waals surface area contributed by atoms with Crippen LogP contribution in [0, 0.1) is 0 Å². The molecule has 106 valence electrons. The van der Waals surface area contributed by atoms with E-state index in [2.05, 4.69) is 15.9 Å². The van der Waals surface area contributed by atoms with Crippen molar-refractivity contribution in [3.63, 3.8) is 0 Å². The van der Waals surface area contributed by atoms with Crippen LogP contribution in [0.5, 0.6) is 5.75 Å². The summed E-state index contributed by atoms with van der Waals surface area (Å²) in [6.45, 7) is 6.59. The first-order valence-electron chi connectivity index (χ1n) is 6.13. The van der Waals surface area contributed by atoms with Crippen molar-refractivity contribution in [1.29, 1.82) is 0 Å². The Morgan fingerprint density at radius 3 is 2.58 bits per heavy atom. The highest BCUT2D eigenvalue weighted by atomic mass is 79.9. The van der Waals surface area contributed by atoms with Crippen LogP contribution in [0.3, 0.4) is 0 Å². The molecule has 1 aromatic rings. The second kappa shape index (κ2) is 6.39. The van der Waals surface area contributed by atoms with Gasteiger partial charge in [0, 0.05) is 11.0 Å². The van der Waals surface area contributed by atoms with Crippen molar-refractivity contribution in [1.82, 2.24) is 4.90 Å². The zero-order valence-corrected chi connectivity index (χ0v) is 13.3. The lowest BCUT2D eigenvalue weighted by molar-refractivity contribution is -0.149. The molecule has 0 saturated heterocycles. The van der Waals surface area contributed by atoms with Crippen LogP contribution in [-0.2, 0) is 11.3 Å². The first kappa shape index (κ1) is 16.0. The van der Waals surface area contributed by atoms with Crippen molar-refractivity contribution in [3.8, 4) is 5.75 Å². The minimum atomic E-state index is -0.905. The maximum absolute atomic E-state index is 11.3. The summed E-state index contributed by atoms with van der Waals surface area (Å²) >= 11 is 3.49. The van der Waals surface area contributed by atoms with Gasteiger partial charge in [0.1, 0.15) is 11.3 Å². The van der Waals surface area contributed by atoms with Gasteiger partial charge in [-0.25, -0.2) is 0 Å². The molecule has 0 radical (unpaired) electrons. The van der Waals surface area contributed by atoms with Crippen molar-refractivity contribution < 1.29 is 14.6 Å². The Morgan fingerprint density at radius 1 is 1.47 bits per heavy atom. The number of benzene rings is 1. The Hall–Kier alpha value is -1.07. The average Bonchev–Trinajstić information content (AvgIpc) is 2.37. The Kier molecular flexibility index (Phi) is 5.38. The van der Waals surface area contributed by atoms with E-state index < -0.39 is 11.5 Å². The van der Waals surface area contributed by atoms with E-state index >= 15 is 0 Å². The Bertz CT molecular complexity index is 460. The molecule has 0 fully saturated rings. The first-order chi connectivity index (χ1) is 8.82. The molecule has 0 saturated carbocycles. The molecule has 0 atom stereocenters. The molecule has 0 aliphatic rings. The Labute approximate surface area is 122 Å². The molecular formula is C14H20BrNO3. The van der Waals surface area contributed by atoms with E-state index in [4.69, 9.17) is 4.74 Å². The zero-order valence-electron chi connectivity index (χ0n) is 11.7. The maximum atomic E-state index is 11.3. The fourth-order valence-electron chi connectivity index (χ4n) is 1.84. The summed E-state index contributed by atoms with van der Waals surface area (Å²) in [5, 5.41) is 9.31. The highest BCUT2D eigenvalue weighted by molar-refractivity contribution is 9.10. The van der Waals surface area contributed by atoms with Crippen molar-refractivity contribution in [2.45, 2.75) is 32.9 Å². The summed E-state index contributed by atoms with van der Waals surface area (Å²) in [4.78, 5) is 13.3. The van der Waals surface area contributed by atoms with E-state index in [0.717, 1.165) is 15.8 Å². The summed E-state index contributed by atoms with van der Waals surface area (Å²) < 4.78 is 6.15. The van der Waals surface area contributed by atoms with Crippen LogP contribution in [-0.4, -0.2) is 35.2 Å². The third-order valence-corrected chi connectivity index (χ3v) is 4.08. The van der Waals surface area contributed by atoms with Gasteiger partial charge in [-0.15, -0.1) is 0 Å². The minimum Gasteiger partial charge on any atom is -0.497 e. The standard InChI is InChI=1S/C14H20BrNO3/c1-5-16(14(2,3)13(17)18)9-10-8-11(19-4)6-7-12(10)15/h6-8H,5,9H2,1-4H3,(H,17,18). The molecule has 0 unspecified atom stereocenters. The van der Waals surface area contributed by atoms with E-state index in [-0.39, 0.29) is 0 Å². The van der Waals surface area contributed by atoms with Crippen LogP contribution in [0.1, 0.15) is 26.3 Å². The lowest BCUT2D eigenvalue weighted by Crippen LogP contribution is -2.49. The van der Waals surface area contributed by atoms with E-state index in [1.54, 1.807) is 21.0 Å². The predicted molar refractivity (Wildman–Crippen MR) is 78.5 cm³/mol. The van der Waals surface area contributed by atoms with Gasteiger partial charge in [-0.05, 0) is 44.2 Å². The van der Waals surface area contributed by atoms with Crippen molar-refractivity contribution in [2.24, 2.45) is 0 Å². The number of ether oxygens (including phenoxy) is 1. The van der Waals surface area contributed by atoms with Gasteiger partial charge in [-0.2, -0.15) is 0 Å². The molecule has 1 aromatic carbocycles. The largest absolute Gasteiger partial charge is 0.497 e. The van der Waals surface area contributed by atoms with Crippen LogP contribution in [0.4, 0.5) is 0 Å². The molecule has 5 heteroatoms. The number of methoxy groups -OCH3 is 1. The summed E-state index contributed by atoms with van der Waals surface area (Å²) in [6.07, 6.45) is 0. The number of rotatable bonds is 6. The predicted octanol–water partition coefficient (Wildman–Crippen LogP) is 3.14. The van der Waals surface area contributed by atoms with E-state index in [0.29, 0.717) is 13.1 Å². The summed E-state index contributed by atoms with van der Waals surface area (Å²) in [6, 6.07) is 5.70. The number of hydrogen-bond acceptors (Lipinski definition) is 3. The van der Waals surface area contributed by atoms with Gasteiger partial charge in [-0.1, -0.05) is 22.9 Å². The smallest absolute Gasteiger partial charge is 0.323 e. The maximum Gasteiger partial charge on any atom is 0.323 e. The van der Waals surface area contributed by atoms with Crippen LogP contribution in [0.2, 0.25) is 0 Å². The minimum absolute atomic E-state index is 0.549. The summed E-state index contributed by atoms with van der Waals surface area (Å²) in [7, 11) is 1.62. The van der Waals surface area contributed by atoms with Gasteiger partial charge in [-0.3, -0.25) is 9.69 Å². The second-order valence-electron chi connectivity index (χ2n) is 4.84. The van der Waals surface area contributed by atoms with Gasteiger partial charge < -0.3 is 9.84 Å². The second-order valence-corrected chi connectivity index (χ2v) is 5.69. The molecule has 0 aliphatic heterocycles. The number of nitrogens with zero attached hydrogens (tertiary/aromatic N) is 1. The molecule has 4 nitrogen and oxygen atoms in total. The summed E-state index contributed by atoms with van der Waals surface area (Å²) in [5.41, 5.74) is 0.104. The molecule has 0 heterocycles. The van der Waals surface area contributed by atoms with E-state index in [1.807, 2.05) is 30.0 Å². The number of carbonyl (C=O) groups is 1. The SMILES string of the molecule is CCN(Cc1cc(OC)ccc1Br)C(C)(C)C(=O)O. The Morgan fingerprint density at radius 2 is 2.11 bits per heavy atom. The normalized spacial score (nSPS) is 11.7. The summed E-state index contributed by atoms with van der Waals surface area (Å²) in [5.74, 6) is -0.0595. The number of carboxylic acid groups (broad SMARTS) is 1. The van der Waals surface area contributed by atoms with E-state index in [9.17, 15) is 9.90 Å². The third-order valence-electron chi connectivity index (χ3n) is 3.31. The van der Waals surface area contributed by atoms with Crippen molar-refractivity contribution >= 4 is 21.9 Å². The zero-order chi connectivity index (χ0) is 14.6. The molecule has 0 aromatic heterocycles. The lowest BCUT2D eigenvalue weighted by atomic mass is 10.0. The lowest BCUT2D eigenvalue weighted by Gasteiger charge is -2.34. The van der Waals surface area contributed by atoms with Crippen LogP contribution >= 0.6 is 15.9 Å². The topological polar surface area (TPSA) is 49.8 Å². The monoisotopic (exact) mass is 329 g/mol. The van der Waals surface area contributed by atoms with E-state index in [1.165, 1.54) is 0 Å². The third kappa shape index (κ3) is 3.70. The molecule has 0 bridgehead atoms. The quantitative estimate of drug-likeness (QED) is 0.871. The van der Waals surface area contributed by atoms with Crippen molar-refractivity contribution in [3.05, 3.63) is 28.2 Å². The first-order valence-corrected chi connectivity index (χ1v) is 6.93. The molecule has 0 spiro atoms. The number of likely N-dealkylation sites (N-methyl/N-ethyl adjacent to an activating group) is 1. The molecule has 1 N–H and O–H groups in total. The number of aliphatic carboxylic acids is 1.